The lowest BCUT2D eigenvalue weighted by Gasteiger charge is -2.10. The number of guanidine groups is 1. The number of aliphatic imine (C=N–C) groups is 1. The molecule has 0 amide bonds. The standard InChI is InChI=1S/C15H17F3N4OS.HI/c1-2-19-14(20-7-10-3-5-11(23)6-4-10)21-8-13-22-12(9-24-13)15(16,17)18;/h3-6,9,23H,2,7-8H2,1H3,(H2,19,20,21);1H. The Labute approximate surface area is 164 Å². The van der Waals surface area contributed by atoms with Gasteiger partial charge in [0.05, 0.1) is 13.1 Å². The van der Waals surface area contributed by atoms with Gasteiger partial charge in [-0.05, 0) is 24.6 Å². The number of alkyl halides is 3. The summed E-state index contributed by atoms with van der Waals surface area (Å²) in [6, 6.07) is 6.64. The summed E-state index contributed by atoms with van der Waals surface area (Å²) in [5.41, 5.74) is 0.0222. The van der Waals surface area contributed by atoms with Crippen molar-refractivity contribution in [2.75, 3.05) is 6.54 Å². The van der Waals surface area contributed by atoms with Crippen molar-refractivity contribution in [3.8, 4) is 5.75 Å². The first kappa shape index (κ1) is 21.5. The SMILES string of the molecule is CCNC(=NCc1ccc(O)cc1)NCc1nc(C(F)(F)F)cs1.I. The number of aromatic nitrogens is 1. The maximum atomic E-state index is 12.5. The zero-order valence-electron chi connectivity index (χ0n) is 13.3. The van der Waals surface area contributed by atoms with Gasteiger partial charge < -0.3 is 15.7 Å². The zero-order chi connectivity index (χ0) is 17.6. The molecule has 2 aromatic rings. The molecule has 25 heavy (non-hydrogen) atoms. The molecule has 2 rings (SSSR count). The summed E-state index contributed by atoms with van der Waals surface area (Å²) in [5.74, 6) is 0.659. The molecule has 0 unspecified atom stereocenters. The number of benzene rings is 1. The molecule has 0 saturated carbocycles. The van der Waals surface area contributed by atoms with Gasteiger partial charge in [0, 0.05) is 11.9 Å². The molecule has 10 heteroatoms. The Hall–Kier alpha value is -1.56. The fourth-order valence-corrected chi connectivity index (χ4v) is 2.54. The number of halogens is 4. The summed E-state index contributed by atoms with van der Waals surface area (Å²) >= 11 is 0.948. The van der Waals surface area contributed by atoms with Gasteiger partial charge in [-0.15, -0.1) is 35.3 Å². The molecule has 0 aliphatic carbocycles. The van der Waals surface area contributed by atoms with Crippen molar-refractivity contribution in [3.05, 3.63) is 45.9 Å². The number of nitrogens with zero attached hydrogens (tertiary/aromatic N) is 2. The van der Waals surface area contributed by atoms with E-state index >= 15 is 0 Å². The number of hydrogen-bond donors (Lipinski definition) is 3. The molecule has 0 bridgehead atoms. The van der Waals surface area contributed by atoms with Crippen LogP contribution in [0.15, 0.2) is 34.6 Å². The average Bonchev–Trinajstić information content (AvgIpc) is 3.01. The summed E-state index contributed by atoms with van der Waals surface area (Å²) in [5, 5.41) is 16.5. The normalized spacial score (nSPS) is 11.8. The third-order valence-corrected chi connectivity index (χ3v) is 3.80. The van der Waals surface area contributed by atoms with E-state index in [2.05, 4.69) is 20.6 Å². The smallest absolute Gasteiger partial charge is 0.434 e. The lowest BCUT2D eigenvalue weighted by atomic mass is 10.2. The summed E-state index contributed by atoms with van der Waals surface area (Å²) in [6.45, 7) is 3.04. The van der Waals surface area contributed by atoms with Gasteiger partial charge in [0.1, 0.15) is 10.8 Å². The van der Waals surface area contributed by atoms with Crippen LogP contribution in [0.5, 0.6) is 5.75 Å². The summed E-state index contributed by atoms with van der Waals surface area (Å²) in [7, 11) is 0. The van der Waals surface area contributed by atoms with Crippen molar-refractivity contribution in [3.63, 3.8) is 0 Å². The molecule has 1 aromatic carbocycles. The van der Waals surface area contributed by atoms with Gasteiger partial charge >= 0.3 is 6.18 Å². The minimum Gasteiger partial charge on any atom is -0.508 e. The van der Waals surface area contributed by atoms with Crippen LogP contribution in [0.25, 0.3) is 0 Å². The highest BCUT2D eigenvalue weighted by molar-refractivity contribution is 14.0. The van der Waals surface area contributed by atoms with Crippen LogP contribution >= 0.6 is 35.3 Å². The van der Waals surface area contributed by atoms with E-state index in [4.69, 9.17) is 0 Å². The van der Waals surface area contributed by atoms with Crippen molar-refractivity contribution >= 4 is 41.3 Å². The first-order chi connectivity index (χ1) is 11.4. The van der Waals surface area contributed by atoms with E-state index in [1.54, 1.807) is 24.3 Å². The molecule has 138 valence electrons. The second kappa shape index (κ2) is 9.80. The predicted octanol–water partition coefficient (Wildman–Crippen LogP) is 3.74. The molecular weight excluding hydrogens is 468 g/mol. The Balaban J connectivity index is 0.00000312. The molecule has 0 aliphatic rings. The predicted molar refractivity (Wildman–Crippen MR) is 102 cm³/mol. The van der Waals surface area contributed by atoms with Crippen LogP contribution in [0.4, 0.5) is 13.2 Å². The number of phenolic OH excluding ortho intramolecular Hbond substituents is 1. The molecule has 0 aliphatic heterocycles. The monoisotopic (exact) mass is 486 g/mol. The molecule has 0 atom stereocenters. The van der Waals surface area contributed by atoms with E-state index in [1.165, 1.54) is 0 Å². The van der Waals surface area contributed by atoms with E-state index in [-0.39, 0.29) is 36.3 Å². The van der Waals surface area contributed by atoms with Crippen molar-refractivity contribution in [2.24, 2.45) is 4.99 Å². The topological polar surface area (TPSA) is 69.5 Å². The van der Waals surface area contributed by atoms with Gasteiger partial charge in [0.15, 0.2) is 11.7 Å². The first-order valence-corrected chi connectivity index (χ1v) is 8.08. The number of phenols is 1. The average molecular weight is 486 g/mol. The van der Waals surface area contributed by atoms with Crippen LogP contribution in [-0.4, -0.2) is 22.6 Å². The second-order valence-electron chi connectivity index (χ2n) is 4.84. The zero-order valence-corrected chi connectivity index (χ0v) is 16.4. The minimum atomic E-state index is -4.42. The molecule has 0 saturated heterocycles. The molecule has 0 fully saturated rings. The molecule has 3 N–H and O–H groups in total. The maximum absolute atomic E-state index is 12.5. The van der Waals surface area contributed by atoms with Crippen molar-refractivity contribution in [2.45, 2.75) is 26.2 Å². The van der Waals surface area contributed by atoms with Gasteiger partial charge in [-0.1, -0.05) is 12.1 Å². The number of nitrogens with one attached hydrogen (secondary N) is 2. The van der Waals surface area contributed by atoms with Crippen molar-refractivity contribution < 1.29 is 18.3 Å². The highest BCUT2D eigenvalue weighted by atomic mass is 127. The van der Waals surface area contributed by atoms with E-state index in [9.17, 15) is 18.3 Å². The van der Waals surface area contributed by atoms with Gasteiger partial charge in [-0.25, -0.2) is 9.98 Å². The summed E-state index contributed by atoms with van der Waals surface area (Å²) in [4.78, 5) is 7.91. The first-order valence-electron chi connectivity index (χ1n) is 7.20. The number of hydrogen-bond acceptors (Lipinski definition) is 4. The van der Waals surface area contributed by atoms with Crippen LogP contribution in [0, 0.1) is 0 Å². The van der Waals surface area contributed by atoms with Crippen LogP contribution < -0.4 is 10.6 Å². The summed E-state index contributed by atoms with van der Waals surface area (Å²) < 4.78 is 37.6. The number of rotatable bonds is 5. The van der Waals surface area contributed by atoms with E-state index in [0.29, 0.717) is 24.1 Å². The van der Waals surface area contributed by atoms with E-state index in [1.807, 2.05) is 6.92 Å². The molecule has 1 heterocycles. The third kappa shape index (κ3) is 7.06. The summed E-state index contributed by atoms with van der Waals surface area (Å²) in [6.07, 6.45) is -4.42. The Morgan fingerprint density at radius 3 is 2.48 bits per heavy atom. The number of aromatic hydroxyl groups is 1. The van der Waals surface area contributed by atoms with E-state index in [0.717, 1.165) is 22.3 Å². The van der Waals surface area contributed by atoms with Gasteiger partial charge in [-0.3, -0.25) is 0 Å². The van der Waals surface area contributed by atoms with Gasteiger partial charge in [-0.2, -0.15) is 13.2 Å². The molecule has 5 nitrogen and oxygen atoms in total. The Morgan fingerprint density at radius 1 is 1.24 bits per heavy atom. The van der Waals surface area contributed by atoms with Gasteiger partial charge in [0.2, 0.25) is 0 Å². The van der Waals surface area contributed by atoms with Gasteiger partial charge in [0.25, 0.3) is 0 Å². The molecule has 0 radical (unpaired) electrons. The quantitative estimate of drug-likeness (QED) is 0.342. The molecule has 1 aromatic heterocycles. The highest BCUT2D eigenvalue weighted by Crippen LogP contribution is 2.29. The minimum absolute atomic E-state index is 0. The van der Waals surface area contributed by atoms with Crippen LogP contribution in [0.2, 0.25) is 0 Å². The highest BCUT2D eigenvalue weighted by Gasteiger charge is 2.33. The van der Waals surface area contributed by atoms with Crippen molar-refractivity contribution in [1.82, 2.24) is 15.6 Å². The fraction of sp³-hybridized carbons (Fsp3) is 0.333. The van der Waals surface area contributed by atoms with Crippen LogP contribution in [0.3, 0.4) is 0 Å². The Kier molecular flexibility index (Phi) is 8.42. The fourth-order valence-electron chi connectivity index (χ4n) is 1.80. The Bertz CT molecular complexity index is 689. The maximum Gasteiger partial charge on any atom is 0.434 e. The Morgan fingerprint density at radius 2 is 1.92 bits per heavy atom. The lowest BCUT2D eigenvalue weighted by Crippen LogP contribution is -2.36. The van der Waals surface area contributed by atoms with E-state index < -0.39 is 11.9 Å². The molecule has 0 spiro atoms. The second-order valence-corrected chi connectivity index (χ2v) is 5.78. The van der Waals surface area contributed by atoms with Crippen molar-refractivity contribution in [1.29, 1.82) is 0 Å². The third-order valence-electron chi connectivity index (χ3n) is 2.95. The largest absolute Gasteiger partial charge is 0.508 e. The lowest BCUT2D eigenvalue weighted by molar-refractivity contribution is -0.140. The molecular formula is C15H18F3IN4OS. The van der Waals surface area contributed by atoms with Crippen LogP contribution in [-0.2, 0) is 19.3 Å². The number of thiazole rings is 1. The van der Waals surface area contributed by atoms with Crippen LogP contribution in [0.1, 0.15) is 23.2 Å².